The quantitative estimate of drug-likeness (QED) is 0.483. The van der Waals surface area contributed by atoms with E-state index in [4.69, 9.17) is 5.73 Å². The zero-order chi connectivity index (χ0) is 12.4. The molecule has 0 fully saturated rings. The molecule has 1 rings (SSSR count). The zero-order valence-electron chi connectivity index (χ0n) is 10.7. The van der Waals surface area contributed by atoms with Gasteiger partial charge in [-0.3, -0.25) is 0 Å². The van der Waals surface area contributed by atoms with Gasteiger partial charge in [-0.25, -0.2) is 0 Å². The van der Waals surface area contributed by atoms with E-state index < -0.39 is 0 Å². The molecule has 0 saturated heterocycles. The highest BCUT2D eigenvalue weighted by atomic mass is 31.0. The summed E-state index contributed by atoms with van der Waals surface area (Å²) in [6.45, 7) is 9.12. The molecule has 87 valence electrons. The third-order valence-electron chi connectivity index (χ3n) is 3.53. The van der Waals surface area contributed by atoms with Gasteiger partial charge in [0.15, 0.2) is 7.28 Å². The van der Waals surface area contributed by atoms with Crippen LogP contribution in [0.5, 0.6) is 0 Å². The second-order valence-electron chi connectivity index (χ2n) is 5.68. The first-order valence-electron chi connectivity index (χ1n) is 5.70. The van der Waals surface area contributed by atoms with Gasteiger partial charge in [-0.15, -0.1) is 9.24 Å². The molecule has 1 unspecified atom stereocenters. The van der Waals surface area contributed by atoms with E-state index in [9.17, 15) is 0 Å². The van der Waals surface area contributed by atoms with E-state index in [2.05, 4.69) is 56.3 Å². The maximum absolute atomic E-state index is 5.66. The lowest BCUT2D eigenvalue weighted by molar-refractivity contribution is 0.319. The largest absolute Gasteiger partial charge is 0.399 e. The average Bonchev–Trinajstić information content (AvgIpc) is 2.15. The Morgan fingerprint density at radius 1 is 1.12 bits per heavy atom. The summed E-state index contributed by atoms with van der Waals surface area (Å²) in [6, 6.07) is 8.04. The van der Waals surface area contributed by atoms with Crippen LogP contribution in [0.15, 0.2) is 24.3 Å². The molecule has 1 atom stereocenters. The van der Waals surface area contributed by atoms with Crippen LogP contribution in [-0.2, 0) is 0 Å². The number of benzene rings is 1. The van der Waals surface area contributed by atoms with Crippen molar-refractivity contribution >= 4 is 27.7 Å². The summed E-state index contributed by atoms with van der Waals surface area (Å²) < 4.78 is 0. The molecule has 0 heterocycles. The lowest BCUT2D eigenvalue weighted by Crippen LogP contribution is -2.35. The van der Waals surface area contributed by atoms with Crippen molar-refractivity contribution in [3.8, 4) is 0 Å². The van der Waals surface area contributed by atoms with Crippen LogP contribution < -0.4 is 11.2 Å². The van der Waals surface area contributed by atoms with Gasteiger partial charge >= 0.3 is 0 Å². The molecule has 16 heavy (non-hydrogen) atoms. The Labute approximate surface area is 103 Å². The molecule has 0 aliphatic carbocycles. The molecule has 1 aromatic rings. The van der Waals surface area contributed by atoms with Gasteiger partial charge in [-0.1, -0.05) is 51.6 Å². The fourth-order valence-corrected chi connectivity index (χ4v) is 1.39. The normalized spacial score (nSPS) is 12.6. The van der Waals surface area contributed by atoms with Gasteiger partial charge in [-0.2, -0.15) is 0 Å². The Balaban J connectivity index is 2.61. The van der Waals surface area contributed by atoms with Gasteiger partial charge in [0.25, 0.3) is 0 Å². The molecule has 1 aromatic carbocycles. The van der Waals surface area contributed by atoms with E-state index in [0.717, 1.165) is 12.0 Å². The van der Waals surface area contributed by atoms with Gasteiger partial charge < -0.3 is 5.73 Å². The summed E-state index contributed by atoms with van der Waals surface area (Å²) in [4.78, 5) is 0. The molecule has 0 spiro atoms. The second kappa shape index (κ2) is 4.79. The molecule has 0 saturated carbocycles. The number of nitrogen functional groups attached to an aromatic ring is 1. The molecule has 0 aromatic heterocycles. The van der Waals surface area contributed by atoms with Gasteiger partial charge in [0.1, 0.15) is 0 Å². The predicted molar refractivity (Wildman–Crippen MR) is 78.6 cm³/mol. The second-order valence-corrected chi connectivity index (χ2v) is 7.12. The minimum atomic E-state index is 0.233. The maximum atomic E-state index is 5.66. The molecule has 1 radical (unpaired) electrons. The van der Waals surface area contributed by atoms with Crippen LogP contribution in [0.3, 0.4) is 0 Å². The summed E-state index contributed by atoms with van der Waals surface area (Å²) in [7, 11) is 5.22. The molecule has 1 nitrogen and oxygen atoms in total. The molecule has 2 N–H and O–H groups in total. The van der Waals surface area contributed by atoms with Crippen molar-refractivity contribution in [2.75, 3.05) is 5.73 Å². The third kappa shape index (κ3) is 3.52. The number of hydrogen-bond acceptors (Lipinski definition) is 1. The third-order valence-corrected chi connectivity index (χ3v) is 4.31. The fraction of sp³-hybridized carbons (Fsp3) is 0.538. The van der Waals surface area contributed by atoms with Gasteiger partial charge in [0.2, 0.25) is 0 Å². The van der Waals surface area contributed by atoms with E-state index >= 15 is 0 Å². The van der Waals surface area contributed by atoms with E-state index in [1.165, 1.54) is 5.46 Å². The van der Waals surface area contributed by atoms with Crippen LogP contribution in [0.4, 0.5) is 5.69 Å². The van der Waals surface area contributed by atoms with Crippen LogP contribution in [0.2, 0.25) is 6.32 Å². The first kappa shape index (κ1) is 13.6. The first-order chi connectivity index (χ1) is 7.22. The van der Waals surface area contributed by atoms with Crippen molar-refractivity contribution in [1.29, 1.82) is 0 Å². The summed E-state index contributed by atoms with van der Waals surface area (Å²) in [5.41, 5.74) is 7.99. The molecular formula is C13H22BNP. The van der Waals surface area contributed by atoms with Gasteiger partial charge in [0, 0.05) is 5.69 Å². The Hall–Kier alpha value is -0.485. The van der Waals surface area contributed by atoms with Crippen molar-refractivity contribution in [2.24, 2.45) is 5.41 Å². The Kier molecular flexibility index (Phi) is 4.07. The van der Waals surface area contributed by atoms with Crippen LogP contribution in [-0.4, -0.2) is 12.4 Å². The smallest absolute Gasteiger partial charge is 0.152 e. The van der Waals surface area contributed by atoms with Crippen LogP contribution >= 0.6 is 9.24 Å². The molecule has 0 amide bonds. The number of hydrogen-bond donors (Lipinski definition) is 1. The Morgan fingerprint density at radius 3 is 2.06 bits per heavy atom. The minimum Gasteiger partial charge on any atom is -0.399 e. The Morgan fingerprint density at radius 2 is 1.62 bits per heavy atom. The monoisotopic (exact) mass is 234 g/mol. The lowest BCUT2D eigenvalue weighted by Gasteiger charge is -2.38. The number of rotatable bonds is 4. The average molecular weight is 234 g/mol. The van der Waals surface area contributed by atoms with Crippen LogP contribution in [0, 0.1) is 5.41 Å². The number of anilines is 1. The van der Waals surface area contributed by atoms with Gasteiger partial charge in [0.05, 0.1) is 0 Å². The summed E-state index contributed by atoms with van der Waals surface area (Å²) in [6.07, 6.45) is 1.06. The maximum Gasteiger partial charge on any atom is 0.152 e. The highest BCUT2D eigenvalue weighted by Gasteiger charge is 2.32. The summed E-state index contributed by atoms with van der Waals surface area (Å²) >= 11 is 0. The van der Waals surface area contributed by atoms with E-state index in [0.29, 0.717) is 0 Å². The van der Waals surface area contributed by atoms with Crippen molar-refractivity contribution in [3.63, 3.8) is 0 Å². The fourth-order valence-electron chi connectivity index (χ4n) is 1.27. The number of nitrogens with two attached hydrogens (primary N) is 1. The SMILES string of the molecule is CC(C)(P)C(C)(C)C[B]c1ccc(N)cc1. The highest BCUT2D eigenvalue weighted by molar-refractivity contribution is 7.19. The molecule has 0 bridgehead atoms. The van der Waals surface area contributed by atoms with Crippen LogP contribution in [0.1, 0.15) is 27.7 Å². The minimum absolute atomic E-state index is 0.233. The van der Waals surface area contributed by atoms with E-state index in [-0.39, 0.29) is 10.6 Å². The lowest BCUT2D eigenvalue weighted by atomic mass is 9.57. The first-order valence-corrected chi connectivity index (χ1v) is 6.28. The topological polar surface area (TPSA) is 26.0 Å². The molecule has 0 aliphatic heterocycles. The standard InChI is InChI=1S/C13H22BNP/c1-12(2,13(3,4)16)9-14-10-5-7-11(15)8-6-10/h5-8H,9,15-16H2,1-4H3. The van der Waals surface area contributed by atoms with Gasteiger partial charge in [-0.05, 0) is 22.7 Å². The van der Waals surface area contributed by atoms with Crippen molar-refractivity contribution in [1.82, 2.24) is 0 Å². The van der Waals surface area contributed by atoms with Crippen molar-refractivity contribution in [3.05, 3.63) is 24.3 Å². The van der Waals surface area contributed by atoms with Crippen molar-refractivity contribution in [2.45, 2.75) is 39.2 Å². The van der Waals surface area contributed by atoms with E-state index in [1.807, 2.05) is 12.1 Å². The van der Waals surface area contributed by atoms with E-state index in [1.54, 1.807) is 0 Å². The molecule has 3 heteroatoms. The Bertz CT molecular complexity index is 338. The molecular weight excluding hydrogens is 212 g/mol. The predicted octanol–water partition coefficient (Wildman–Crippen LogP) is 2.70. The highest BCUT2D eigenvalue weighted by Crippen LogP contribution is 2.40. The molecule has 0 aliphatic rings. The zero-order valence-corrected chi connectivity index (χ0v) is 11.9. The summed E-state index contributed by atoms with van der Waals surface area (Å²) in [5.74, 6) is 0. The summed E-state index contributed by atoms with van der Waals surface area (Å²) in [5, 5.41) is 0.233. The van der Waals surface area contributed by atoms with Crippen molar-refractivity contribution < 1.29 is 0 Å². The van der Waals surface area contributed by atoms with Crippen LogP contribution in [0.25, 0.3) is 0 Å².